The summed E-state index contributed by atoms with van der Waals surface area (Å²) in [5.74, 6) is 1.16. The molecule has 0 bridgehead atoms. The van der Waals surface area contributed by atoms with E-state index in [2.05, 4.69) is 31.0 Å². The van der Waals surface area contributed by atoms with E-state index in [9.17, 15) is 4.79 Å². The monoisotopic (exact) mass is 302 g/mol. The first-order valence-electron chi connectivity index (χ1n) is 7.98. The second-order valence-electron chi connectivity index (χ2n) is 7.34. The van der Waals surface area contributed by atoms with Gasteiger partial charge in [-0.1, -0.05) is 20.8 Å². The van der Waals surface area contributed by atoms with Crippen LogP contribution < -0.4 is 5.32 Å². The molecule has 20 heavy (non-hydrogen) atoms. The minimum absolute atomic E-state index is 0. The van der Waals surface area contributed by atoms with Crippen LogP contribution in [0.3, 0.4) is 0 Å². The lowest BCUT2D eigenvalue weighted by atomic mass is 9.85. The van der Waals surface area contributed by atoms with Crippen molar-refractivity contribution in [2.24, 2.45) is 11.3 Å². The first-order chi connectivity index (χ1) is 8.98. The largest absolute Gasteiger partial charge is 0.339 e. The number of hydrogen-bond donors (Lipinski definition) is 1. The maximum absolute atomic E-state index is 12.5. The summed E-state index contributed by atoms with van der Waals surface area (Å²) in [4.78, 5) is 14.6. The quantitative estimate of drug-likeness (QED) is 0.868. The molecule has 0 aliphatic carbocycles. The molecule has 0 aromatic rings. The fraction of sp³-hybridized carbons (Fsp3) is 0.938. The fourth-order valence-corrected chi connectivity index (χ4v) is 3.61. The van der Waals surface area contributed by atoms with Gasteiger partial charge < -0.3 is 10.2 Å². The van der Waals surface area contributed by atoms with Crippen molar-refractivity contribution in [2.45, 2.75) is 65.3 Å². The van der Waals surface area contributed by atoms with Gasteiger partial charge in [-0.05, 0) is 56.5 Å². The smallest absolute Gasteiger partial charge is 0.222 e. The summed E-state index contributed by atoms with van der Waals surface area (Å²) >= 11 is 0. The Labute approximate surface area is 130 Å². The Morgan fingerprint density at radius 3 is 2.45 bits per heavy atom. The van der Waals surface area contributed by atoms with Crippen LogP contribution in [0.15, 0.2) is 0 Å². The second-order valence-corrected chi connectivity index (χ2v) is 7.34. The first-order valence-corrected chi connectivity index (χ1v) is 7.98. The zero-order valence-corrected chi connectivity index (χ0v) is 14.1. The Bertz CT molecular complexity index is 308. The van der Waals surface area contributed by atoms with Gasteiger partial charge in [0.1, 0.15) is 0 Å². The molecule has 1 atom stereocenters. The van der Waals surface area contributed by atoms with E-state index in [-0.39, 0.29) is 17.8 Å². The highest BCUT2D eigenvalue weighted by Gasteiger charge is 2.36. The van der Waals surface area contributed by atoms with Gasteiger partial charge in [-0.3, -0.25) is 4.79 Å². The lowest BCUT2D eigenvalue weighted by Crippen LogP contribution is -2.43. The SMILES string of the molecule is CC(C)(C)C1CCCN1C(=O)CCC1CCNCC1.Cl. The average Bonchev–Trinajstić information content (AvgIpc) is 2.86. The summed E-state index contributed by atoms with van der Waals surface area (Å²) in [7, 11) is 0. The molecule has 0 aromatic heterocycles. The number of amides is 1. The Morgan fingerprint density at radius 1 is 1.20 bits per heavy atom. The number of carbonyl (C=O) groups is 1. The van der Waals surface area contributed by atoms with Crippen LogP contribution in [-0.2, 0) is 4.79 Å². The first kappa shape index (κ1) is 17.8. The van der Waals surface area contributed by atoms with Crippen LogP contribution in [0.5, 0.6) is 0 Å². The number of piperidine rings is 1. The third-order valence-corrected chi connectivity index (χ3v) is 4.80. The molecule has 0 radical (unpaired) electrons. The highest BCUT2D eigenvalue weighted by Crippen LogP contribution is 2.33. The standard InChI is InChI=1S/C16H30N2O.ClH/c1-16(2,3)14-5-4-12-18(14)15(19)7-6-13-8-10-17-11-9-13;/h13-14,17H,4-12H2,1-3H3;1H. The van der Waals surface area contributed by atoms with Gasteiger partial charge in [-0.15, -0.1) is 12.4 Å². The lowest BCUT2D eigenvalue weighted by molar-refractivity contribution is -0.134. The van der Waals surface area contributed by atoms with Gasteiger partial charge in [-0.25, -0.2) is 0 Å². The molecular weight excluding hydrogens is 272 g/mol. The molecule has 1 amide bonds. The Balaban J connectivity index is 0.00000200. The lowest BCUT2D eigenvalue weighted by Gasteiger charge is -2.35. The van der Waals surface area contributed by atoms with Crippen molar-refractivity contribution >= 4 is 18.3 Å². The van der Waals surface area contributed by atoms with Gasteiger partial charge in [0.15, 0.2) is 0 Å². The topological polar surface area (TPSA) is 32.3 Å². The van der Waals surface area contributed by atoms with Gasteiger partial charge in [-0.2, -0.15) is 0 Å². The number of halogens is 1. The van der Waals surface area contributed by atoms with Crippen molar-refractivity contribution in [2.75, 3.05) is 19.6 Å². The van der Waals surface area contributed by atoms with Crippen LogP contribution in [0, 0.1) is 11.3 Å². The average molecular weight is 303 g/mol. The molecule has 2 aliphatic heterocycles. The molecule has 2 fully saturated rings. The number of likely N-dealkylation sites (tertiary alicyclic amines) is 1. The summed E-state index contributed by atoms with van der Waals surface area (Å²) in [6.45, 7) is 10.0. The van der Waals surface area contributed by atoms with Gasteiger partial charge in [0.2, 0.25) is 5.91 Å². The van der Waals surface area contributed by atoms with Crippen LogP contribution in [0.2, 0.25) is 0 Å². The molecule has 2 saturated heterocycles. The van der Waals surface area contributed by atoms with Crippen molar-refractivity contribution in [1.82, 2.24) is 10.2 Å². The van der Waals surface area contributed by atoms with Crippen molar-refractivity contribution in [3.8, 4) is 0 Å². The maximum atomic E-state index is 12.5. The molecule has 4 heteroatoms. The predicted octanol–water partition coefficient (Wildman–Crippen LogP) is 3.23. The summed E-state index contributed by atoms with van der Waals surface area (Å²) in [6.07, 6.45) is 6.71. The second kappa shape index (κ2) is 7.65. The Morgan fingerprint density at radius 2 is 1.85 bits per heavy atom. The van der Waals surface area contributed by atoms with Crippen LogP contribution in [0.25, 0.3) is 0 Å². The third kappa shape index (κ3) is 4.63. The van der Waals surface area contributed by atoms with E-state index < -0.39 is 0 Å². The number of carbonyl (C=O) groups excluding carboxylic acids is 1. The molecule has 0 saturated carbocycles. The van der Waals surface area contributed by atoms with E-state index >= 15 is 0 Å². The molecule has 1 unspecified atom stereocenters. The van der Waals surface area contributed by atoms with Crippen LogP contribution in [-0.4, -0.2) is 36.5 Å². The summed E-state index contributed by atoms with van der Waals surface area (Å²) in [5, 5.41) is 3.39. The van der Waals surface area contributed by atoms with E-state index in [4.69, 9.17) is 0 Å². The fourth-order valence-electron chi connectivity index (χ4n) is 3.61. The minimum Gasteiger partial charge on any atom is -0.339 e. The van der Waals surface area contributed by atoms with Crippen molar-refractivity contribution in [3.63, 3.8) is 0 Å². The molecule has 3 nitrogen and oxygen atoms in total. The zero-order chi connectivity index (χ0) is 13.9. The van der Waals surface area contributed by atoms with Crippen molar-refractivity contribution in [3.05, 3.63) is 0 Å². The van der Waals surface area contributed by atoms with Crippen LogP contribution in [0.4, 0.5) is 0 Å². The molecule has 2 aliphatic rings. The van der Waals surface area contributed by atoms with Gasteiger partial charge in [0.05, 0.1) is 0 Å². The van der Waals surface area contributed by atoms with Crippen molar-refractivity contribution in [1.29, 1.82) is 0 Å². The van der Waals surface area contributed by atoms with E-state index in [0.717, 1.165) is 38.4 Å². The number of rotatable bonds is 3. The Kier molecular flexibility index (Phi) is 6.80. The van der Waals surface area contributed by atoms with Gasteiger partial charge in [0, 0.05) is 19.0 Å². The van der Waals surface area contributed by atoms with Crippen molar-refractivity contribution < 1.29 is 4.79 Å². The minimum atomic E-state index is 0. The number of nitrogens with one attached hydrogen (secondary N) is 1. The van der Waals surface area contributed by atoms with Crippen LogP contribution >= 0.6 is 12.4 Å². The normalized spacial score (nSPS) is 24.6. The molecule has 0 aromatic carbocycles. The third-order valence-electron chi connectivity index (χ3n) is 4.80. The molecule has 1 N–H and O–H groups in total. The molecule has 2 rings (SSSR count). The maximum Gasteiger partial charge on any atom is 0.222 e. The van der Waals surface area contributed by atoms with E-state index in [1.165, 1.54) is 25.7 Å². The molecule has 118 valence electrons. The highest BCUT2D eigenvalue weighted by molar-refractivity contribution is 5.85. The van der Waals surface area contributed by atoms with Gasteiger partial charge in [0.25, 0.3) is 0 Å². The molecular formula is C16H31ClN2O. The molecule has 0 spiro atoms. The zero-order valence-electron chi connectivity index (χ0n) is 13.3. The summed E-state index contributed by atoms with van der Waals surface area (Å²) in [6, 6.07) is 0.452. The van der Waals surface area contributed by atoms with E-state index in [1.54, 1.807) is 0 Å². The van der Waals surface area contributed by atoms with Gasteiger partial charge >= 0.3 is 0 Å². The number of hydrogen-bond acceptors (Lipinski definition) is 2. The van der Waals surface area contributed by atoms with Crippen LogP contribution in [0.1, 0.15) is 59.3 Å². The van der Waals surface area contributed by atoms with E-state index in [1.807, 2.05) is 0 Å². The predicted molar refractivity (Wildman–Crippen MR) is 86.3 cm³/mol. The summed E-state index contributed by atoms with van der Waals surface area (Å²) < 4.78 is 0. The highest BCUT2D eigenvalue weighted by atomic mass is 35.5. The van der Waals surface area contributed by atoms with E-state index in [0.29, 0.717) is 11.9 Å². The summed E-state index contributed by atoms with van der Waals surface area (Å²) in [5.41, 5.74) is 0.223. The molecule has 2 heterocycles. The number of nitrogens with zero attached hydrogens (tertiary/aromatic N) is 1. The Hall–Kier alpha value is -0.280.